The van der Waals surface area contributed by atoms with Crippen molar-refractivity contribution in [2.24, 2.45) is 0 Å². The zero-order valence-corrected chi connectivity index (χ0v) is 29.5. The molecule has 0 saturated carbocycles. The third-order valence-electron chi connectivity index (χ3n) is 10.8. The molecule has 0 fully saturated rings. The van der Waals surface area contributed by atoms with Gasteiger partial charge in [-0.15, -0.1) is 0 Å². The van der Waals surface area contributed by atoms with E-state index in [1.54, 1.807) is 0 Å². The average molecular weight is 679 g/mol. The topological polar surface area (TPSA) is 51.6 Å². The third kappa shape index (κ3) is 5.22. The summed E-state index contributed by atoms with van der Waals surface area (Å²) in [4.78, 5) is 19.7. The highest BCUT2D eigenvalue weighted by Gasteiger charge is 2.36. The first-order chi connectivity index (χ1) is 26.0. The van der Waals surface area contributed by atoms with E-state index >= 15 is 0 Å². The summed E-state index contributed by atoms with van der Waals surface area (Å²) in [6, 6.07) is 55.7. The van der Waals surface area contributed by atoms with Crippen molar-refractivity contribution in [3.63, 3.8) is 0 Å². The maximum absolute atomic E-state index is 5.21. The SMILES string of the molecule is CC1(C)c2ccccc2-c2c(-c3cc(-c4ccc(-c5ccc(-c6cnc7c(ccc8cccnc87)c6)cc5)cc4)nc(-c4ccccc4)n3)cccc21. The molecule has 9 aromatic rings. The van der Waals surface area contributed by atoms with Gasteiger partial charge >= 0.3 is 0 Å². The Bertz CT molecular complexity index is 2840. The molecule has 4 heteroatoms. The van der Waals surface area contributed by atoms with E-state index in [4.69, 9.17) is 15.0 Å². The second-order valence-electron chi connectivity index (χ2n) is 14.3. The van der Waals surface area contributed by atoms with Gasteiger partial charge in [-0.05, 0) is 57.1 Å². The van der Waals surface area contributed by atoms with Gasteiger partial charge in [0.1, 0.15) is 0 Å². The van der Waals surface area contributed by atoms with Crippen molar-refractivity contribution >= 4 is 21.8 Å². The minimum Gasteiger partial charge on any atom is -0.254 e. The van der Waals surface area contributed by atoms with Gasteiger partial charge in [0, 0.05) is 50.8 Å². The second kappa shape index (κ2) is 12.2. The standard InChI is InChI=1S/C49H34N4/c1-49(2)41-15-7-6-13-39(41)45-40(14-8-16-42(45)49)44-29-43(52-48(53-44)36-10-4-3-5-11-36)34-23-21-32(22-24-34)31-17-19-33(20-18-31)38-28-37-26-25-35-12-9-27-50-46(35)47(37)51-30-38/h3-30H,1-2H3. The molecule has 53 heavy (non-hydrogen) atoms. The number of hydrogen-bond acceptors (Lipinski definition) is 4. The van der Waals surface area contributed by atoms with E-state index in [1.807, 2.05) is 36.7 Å². The van der Waals surface area contributed by atoms with Gasteiger partial charge in [0.25, 0.3) is 0 Å². The molecule has 1 aliphatic rings. The summed E-state index contributed by atoms with van der Waals surface area (Å²) >= 11 is 0. The number of aromatic nitrogens is 4. The van der Waals surface area contributed by atoms with E-state index in [9.17, 15) is 0 Å². The molecule has 3 heterocycles. The molecule has 1 aliphatic carbocycles. The van der Waals surface area contributed by atoms with Crippen molar-refractivity contribution in [1.29, 1.82) is 0 Å². The van der Waals surface area contributed by atoms with Crippen LogP contribution in [0, 0.1) is 0 Å². The van der Waals surface area contributed by atoms with Crippen LogP contribution in [0.2, 0.25) is 0 Å². The minimum absolute atomic E-state index is 0.0898. The Morgan fingerprint density at radius 2 is 1.04 bits per heavy atom. The van der Waals surface area contributed by atoms with Crippen molar-refractivity contribution in [3.8, 4) is 67.3 Å². The first-order valence-corrected chi connectivity index (χ1v) is 18.0. The molecule has 0 radical (unpaired) electrons. The predicted octanol–water partition coefficient (Wildman–Crippen LogP) is 12.2. The highest BCUT2D eigenvalue weighted by molar-refractivity contribution is 6.03. The molecule has 6 aromatic carbocycles. The van der Waals surface area contributed by atoms with E-state index in [1.165, 1.54) is 22.3 Å². The lowest BCUT2D eigenvalue weighted by molar-refractivity contribution is 0.660. The minimum atomic E-state index is -0.0898. The lowest BCUT2D eigenvalue weighted by atomic mass is 9.82. The molecule has 0 aliphatic heterocycles. The zero-order valence-electron chi connectivity index (χ0n) is 29.5. The maximum atomic E-state index is 5.21. The van der Waals surface area contributed by atoms with Crippen LogP contribution in [0.4, 0.5) is 0 Å². The largest absolute Gasteiger partial charge is 0.254 e. The molecule has 0 amide bonds. The Labute approximate surface area is 308 Å². The summed E-state index contributed by atoms with van der Waals surface area (Å²) in [7, 11) is 0. The highest BCUT2D eigenvalue weighted by Crippen LogP contribution is 2.52. The number of pyridine rings is 2. The van der Waals surface area contributed by atoms with Crippen LogP contribution in [0.25, 0.3) is 89.1 Å². The van der Waals surface area contributed by atoms with Crippen LogP contribution in [0.15, 0.2) is 170 Å². The Morgan fingerprint density at radius 1 is 0.415 bits per heavy atom. The summed E-state index contributed by atoms with van der Waals surface area (Å²) in [5, 5.41) is 2.18. The fraction of sp³-hybridized carbons (Fsp3) is 0.0612. The molecule has 10 rings (SSSR count). The summed E-state index contributed by atoms with van der Waals surface area (Å²) in [5.41, 5.74) is 16.5. The number of fused-ring (bicyclic) bond motifs is 6. The Morgan fingerprint density at radius 3 is 1.83 bits per heavy atom. The lowest BCUT2D eigenvalue weighted by Crippen LogP contribution is -2.14. The van der Waals surface area contributed by atoms with Crippen LogP contribution in [0.3, 0.4) is 0 Å². The molecular formula is C49H34N4. The smallest absolute Gasteiger partial charge is 0.160 e. The van der Waals surface area contributed by atoms with Crippen LogP contribution >= 0.6 is 0 Å². The average Bonchev–Trinajstić information content (AvgIpc) is 3.47. The fourth-order valence-electron chi connectivity index (χ4n) is 8.00. The van der Waals surface area contributed by atoms with Crippen LogP contribution < -0.4 is 0 Å². The molecular weight excluding hydrogens is 645 g/mol. The van der Waals surface area contributed by atoms with Crippen molar-refractivity contribution in [3.05, 3.63) is 181 Å². The first-order valence-electron chi connectivity index (χ1n) is 18.0. The van der Waals surface area contributed by atoms with Crippen molar-refractivity contribution in [2.75, 3.05) is 0 Å². The molecule has 0 spiro atoms. The van der Waals surface area contributed by atoms with E-state index in [2.05, 4.69) is 152 Å². The number of benzene rings is 6. The van der Waals surface area contributed by atoms with Crippen LogP contribution in [0.5, 0.6) is 0 Å². The van der Waals surface area contributed by atoms with Gasteiger partial charge in [0.2, 0.25) is 0 Å². The summed E-state index contributed by atoms with van der Waals surface area (Å²) in [6.07, 6.45) is 3.77. The van der Waals surface area contributed by atoms with Crippen LogP contribution in [-0.4, -0.2) is 19.9 Å². The van der Waals surface area contributed by atoms with Crippen LogP contribution in [-0.2, 0) is 5.41 Å². The van der Waals surface area contributed by atoms with Crippen molar-refractivity contribution in [1.82, 2.24) is 19.9 Å². The number of nitrogens with zero attached hydrogens (tertiary/aromatic N) is 4. The molecule has 0 unspecified atom stereocenters. The van der Waals surface area contributed by atoms with E-state index in [0.717, 1.165) is 72.1 Å². The number of hydrogen-bond donors (Lipinski definition) is 0. The van der Waals surface area contributed by atoms with Gasteiger partial charge in [-0.2, -0.15) is 0 Å². The Hall–Kier alpha value is -6.78. The van der Waals surface area contributed by atoms with Crippen molar-refractivity contribution < 1.29 is 0 Å². The normalized spacial score (nSPS) is 12.9. The first kappa shape index (κ1) is 31.0. The second-order valence-corrected chi connectivity index (χ2v) is 14.3. The molecule has 0 atom stereocenters. The molecule has 3 aromatic heterocycles. The monoisotopic (exact) mass is 678 g/mol. The van der Waals surface area contributed by atoms with Gasteiger partial charge in [0.05, 0.1) is 22.4 Å². The van der Waals surface area contributed by atoms with Crippen LogP contribution in [0.1, 0.15) is 25.0 Å². The van der Waals surface area contributed by atoms with Gasteiger partial charge in [-0.25, -0.2) is 9.97 Å². The maximum Gasteiger partial charge on any atom is 0.160 e. The summed E-state index contributed by atoms with van der Waals surface area (Å²) < 4.78 is 0. The van der Waals surface area contributed by atoms with E-state index in [-0.39, 0.29) is 5.41 Å². The molecule has 0 saturated heterocycles. The van der Waals surface area contributed by atoms with Gasteiger partial charge in [0.15, 0.2) is 5.82 Å². The quantitative estimate of drug-likeness (QED) is 0.170. The summed E-state index contributed by atoms with van der Waals surface area (Å²) in [6.45, 7) is 4.63. The molecule has 0 bridgehead atoms. The fourth-order valence-corrected chi connectivity index (χ4v) is 8.00. The zero-order chi connectivity index (χ0) is 35.5. The molecule has 250 valence electrons. The van der Waals surface area contributed by atoms with E-state index < -0.39 is 0 Å². The number of rotatable bonds is 5. The Balaban J connectivity index is 1.00. The van der Waals surface area contributed by atoms with E-state index in [0.29, 0.717) is 5.82 Å². The molecule has 0 N–H and O–H groups in total. The van der Waals surface area contributed by atoms with Gasteiger partial charge < -0.3 is 0 Å². The van der Waals surface area contributed by atoms with Gasteiger partial charge in [-0.1, -0.05) is 153 Å². The summed E-state index contributed by atoms with van der Waals surface area (Å²) in [5.74, 6) is 0.716. The Kier molecular flexibility index (Phi) is 7.12. The highest BCUT2D eigenvalue weighted by atomic mass is 14.9. The lowest BCUT2D eigenvalue weighted by Gasteiger charge is -2.21. The van der Waals surface area contributed by atoms with Gasteiger partial charge in [-0.3, -0.25) is 9.97 Å². The van der Waals surface area contributed by atoms with Crippen molar-refractivity contribution in [2.45, 2.75) is 19.3 Å². The third-order valence-corrected chi connectivity index (χ3v) is 10.8. The molecule has 4 nitrogen and oxygen atoms in total. The predicted molar refractivity (Wildman–Crippen MR) is 217 cm³/mol.